The Balaban J connectivity index is 2.13. The van der Waals surface area contributed by atoms with Crippen molar-refractivity contribution >= 4 is 5.97 Å². The monoisotopic (exact) mass is 332 g/mol. The fraction of sp³-hybridized carbons (Fsp3) is 0.650. The van der Waals surface area contributed by atoms with Crippen molar-refractivity contribution in [1.82, 2.24) is 4.90 Å². The molecular formula is C20H32N2O2. The maximum Gasteiger partial charge on any atom is 0.337 e. The van der Waals surface area contributed by atoms with Crippen LogP contribution in [0.5, 0.6) is 0 Å². The average molecular weight is 332 g/mol. The predicted octanol–water partition coefficient (Wildman–Crippen LogP) is 3.06. The molecule has 1 aliphatic rings. The number of carbonyl (C=O) groups excluding carboxylic acids is 1. The highest BCUT2D eigenvalue weighted by atomic mass is 16.5. The molecule has 3 atom stereocenters. The normalized spacial score (nSPS) is 26.4. The molecule has 2 rings (SSSR count). The lowest BCUT2D eigenvalue weighted by atomic mass is 9.67. The largest absolute Gasteiger partial charge is 0.465 e. The Bertz CT molecular complexity index is 573. The second-order valence-corrected chi connectivity index (χ2v) is 7.81. The summed E-state index contributed by atoms with van der Waals surface area (Å²) in [7, 11) is 1.43. The van der Waals surface area contributed by atoms with Crippen LogP contribution in [0, 0.1) is 11.8 Å². The van der Waals surface area contributed by atoms with Gasteiger partial charge in [0.05, 0.1) is 12.7 Å². The zero-order valence-electron chi connectivity index (χ0n) is 15.7. The molecule has 0 aliphatic carbocycles. The minimum atomic E-state index is -0.270. The van der Waals surface area contributed by atoms with Crippen molar-refractivity contribution < 1.29 is 9.53 Å². The van der Waals surface area contributed by atoms with Gasteiger partial charge in [0, 0.05) is 19.1 Å². The molecule has 0 bridgehead atoms. The van der Waals surface area contributed by atoms with Crippen LogP contribution < -0.4 is 5.73 Å². The van der Waals surface area contributed by atoms with Gasteiger partial charge in [-0.15, -0.1) is 0 Å². The maximum atomic E-state index is 11.8. The zero-order chi connectivity index (χ0) is 17.9. The van der Waals surface area contributed by atoms with E-state index in [9.17, 15) is 4.79 Å². The van der Waals surface area contributed by atoms with Crippen molar-refractivity contribution in [3.8, 4) is 0 Å². The number of ether oxygens (including phenoxy) is 1. The van der Waals surface area contributed by atoms with E-state index in [4.69, 9.17) is 10.5 Å². The number of nitrogens with two attached hydrogens (primary N) is 1. The molecular weight excluding hydrogens is 300 g/mol. The maximum absolute atomic E-state index is 11.8. The molecule has 1 unspecified atom stereocenters. The minimum Gasteiger partial charge on any atom is -0.465 e. The molecule has 24 heavy (non-hydrogen) atoms. The third-order valence-corrected chi connectivity index (χ3v) is 5.84. The number of rotatable bonds is 5. The van der Waals surface area contributed by atoms with Crippen LogP contribution in [0.25, 0.3) is 0 Å². The van der Waals surface area contributed by atoms with E-state index in [0.29, 0.717) is 17.4 Å². The van der Waals surface area contributed by atoms with E-state index in [2.05, 4.69) is 38.7 Å². The Morgan fingerprint density at radius 1 is 1.46 bits per heavy atom. The third-order valence-electron chi connectivity index (χ3n) is 5.84. The number of esters is 1. The molecule has 0 amide bonds. The first-order chi connectivity index (χ1) is 11.3. The summed E-state index contributed by atoms with van der Waals surface area (Å²) in [6, 6.07) is 8.14. The average Bonchev–Trinajstić information content (AvgIpc) is 2.57. The van der Waals surface area contributed by atoms with Crippen molar-refractivity contribution in [2.24, 2.45) is 17.6 Å². The number of benzene rings is 1. The second-order valence-electron chi connectivity index (χ2n) is 7.81. The molecule has 0 saturated carbocycles. The lowest BCUT2D eigenvalue weighted by molar-refractivity contribution is 0.0600. The number of nitrogens with zero attached hydrogens (tertiary/aromatic N) is 1. The number of likely N-dealkylation sites (tertiary alicyclic amines) is 1. The highest BCUT2D eigenvalue weighted by Crippen LogP contribution is 2.39. The Morgan fingerprint density at radius 3 is 2.75 bits per heavy atom. The summed E-state index contributed by atoms with van der Waals surface area (Å²) in [5.74, 6) is 0.734. The van der Waals surface area contributed by atoms with Crippen LogP contribution in [0.4, 0.5) is 0 Å². The summed E-state index contributed by atoms with van der Waals surface area (Å²) in [5.41, 5.74) is 8.18. The first kappa shape index (κ1) is 18.9. The van der Waals surface area contributed by atoms with Crippen molar-refractivity contribution in [2.75, 3.05) is 26.7 Å². The number of hydrogen-bond acceptors (Lipinski definition) is 4. The fourth-order valence-electron chi connectivity index (χ4n) is 3.54. The van der Waals surface area contributed by atoms with Gasteiger partial charge in [-0.25, -0.2) is 4.79 Å². The van der Waals surface area contributed by atoms with Crippen molar-refractivity contribution in [1.29, 1.82) is 0 Å². The van der Waals surface area contributed by atoms with Crippen molar-refractivity contribution in [2.45, 2.75) is 45.6 Å². The molecule has 1 fully saturated rings. The predicted molar refractivity (Wildman–Crippen MR) is 98.2 cm³/mol. The molecule has 1 heterocycles. The standard InChI is InChI=1S/C20H32N2O2/c1-14(2)18(21)13-22-10-9-20(4,15(3)12-22)17-8-6-7-16(11-17)19(23)24-5/h6-8,11,14-15,18H,9-10,12-13,21H2,1-5H3/t15?,18-,20-/m1/s1. The quantitative estimate of drug-likeness (QED) is 0.842. The highest BCUT2D eigenvalue weighted by Gasteiger charge is 2.38. The van der Waals surface area contributed by atoms with Crippen molar-refractivity contribution in [3.05, 3.63) is 35.4 Å². The van der Waals surface area contributed by atoms with Gasteiger partial charge in [0.15, 0.2) is 0 Å². The van der Waals surface area contributed by atoms with Gasteiger partial charge in [0.1, 0.15) is 0 Å². The molecule has 0 spiro atoms. The Kier molecular flexibility index (Phi) is 6.05. The molecule has 1 aliphatic heterocycles. The van der Waals surface area contributed by atoms with Crippen LogP contribution in [0.15, 0.2) is 24.3 Å². The van der Waals surface area contributed by atoms with Crippen LogP contribution in [-0.4, -0.2) is 43.7 Å². The number of hydrogen-bond donors (Lipinski definition) is 1. The van der Waals surface area contributed by atoms with E-state index in [1.807, 2.05) is 18.2 Å². The molecule has 4 heteroatoms. The molecule has 0 aromatic heterocycles. The van der Waals surface area contributed by atoms with Gasteiger partial charge in [-0.2, -0.15) is 0 Å². The molecule has 134 valence electrons. The Labute approximate surface area is 146 Å². The summed E-state index contributed by atoms with van der Waals surface area (Å²) in [6.45, 7) is 12.0. The second kappa shape index (κ2) is 7.66. The van der Waals surface area contributed by atoms with Crippen LogP contribution >= 0.6 is 0 Å². The molecule has 0 radical (unpaired) electrons. The van der Waals surface area contributed by atoms with E-state index >= 15 is 0 Å². The summed E-state index contributed by atoms with van der Waals surface area (Å²) in [5, 5.41) is 0. The zero-order valence-corrected chi connectivity index (χ0v) is 15.7. The Morgan fingerprint density at radius 2 is 2.17 bits per heavy atom. The molecule has 1 aromatic carbocycles. The minimum absolute atomic E-state index is 0.0719. The van der Waals surface area contributed by atoms with E-state index < -0.39 is 0 Å². The van der Waals surface area contributed by atoms with Crippen LogP contribution in [-0.2, 0) is 10.2 Å². The smallest absolute Gasteiger partial charge is 0.337 e. The highest BCUT2D eigenvalue weighted by molar-refractivity contribution is 5.89. The van der Waals surface area contributed by atoms with Crippen LogP contribution in [0.2, 0.25) is 0 Å². The number of carbonyl (C=O) groups is 1. The van der Waals surface area contributed by atoms with Gasteiger partial charge in [-0.3, -0.25) is 0 Å². The first-order valence-electron chi connectivity index (χ1n) is 8.94. The summed E-state index contributed by atoms with van der Waals surface area (Å²) >= 11 is 0. The molecule has 4 nitrogen and oxygen atoms in total. The van der Waals surface area contributed by atoms with Gasteiger partial charge in [0.25, 0.3) is 0 Å². The van der Waals surface area contributed by atoms with Crippen molar-refractivity contribution in [3.63, 3.8) is 0 Å². The number of piperidine rings is 1. The number of methoxy groups -OCH3 is 1. The Hall–Kier alpha value is -1.39. The summed E-state index contributed by atoms with van der Waals surface area (Å²) in [6.07, 6.45) is 1.07. The van der Waals surface area contributed by atoms with Gasteiger partial charge >= 0.3 is 5.97 Å². The topological polar surface area (TPSA) is 55.6 Å². The first-order valence-corrected chi connectivity index (χ1v) is 8.94. The molecule has 2 N–H and O–H groups in total. The lowest BCUT2D eigenvalue weighted by Crippen LogP contribution is -2.51. The van der Waals surface area contributed by atoms with Gasteiger partial charge in [-0.1, -0.05) is 39.8 Å². The summed E-state index contributed by atoms with van der Waals surface area (Å²) in [4.78, 5) is 14.3. The van der Waals surface area contributed by atoms with Crippen LogP contribution in [0.3, 0.4) is 0 Å². The van der Waals surface area contributed by atoms with E-state index in [0.717, 1.165) is 26.1 Å². The molecule has 1 saturated heterocycles. The lowest BCUT2D eigenvalue weighted by Gasteiger charge is -2.46. The van der Waals surface area contributed by atoms with Gasteiger partial charge < -0.3 is 15.4 Å². The summed E-state index contributed by atoms with van der Waals surface area (Å²) < 4.78 is 4.86. The SMILES string of the molecule is COC(=O)c1cccc([C@]2(C)CCN(C[C@@H](N)C(C)C)CC2C)c1. The third kappa shape index (κ3) is 3.98. The van der Waals surface area contributed by atoms with Crippen LogP contribution in [0.1, 0.15) is 50.0 Å². The van der Waals surface area contributed by atoms with E-state index in [1.165, 1.54) is 12.7 Å². The van der Waals surface area contributed by atoms with E-state index in [-0.39, 0.29) is 17.4 Å². The fourth-order valence-corrected chi connectivity index (χ4v) is 3.54. The van der Waals surface area contributed by atoms with Gasteiger partial charge in [-0.05, 0) is 47.9 Å². The van der Waals surface area contributed by atoms with E-state index in [1.54, 1.807) is 0 Å². The molecule has 1 aromatic rings. The van der Waals surface area contributed by atoms with Gasteiger partial charge in [0.2, 0.25) is 0 Å².